The molecule has 8 nitrogen and oxygen atoms in total. The molecule has 0 aliphatic carbocycles. The minimum atomic E-state index is -0.451. The van der Waals surface area contributed by atoms with Crippen LogP contribution in [0.3, 0.4) is 0 Å². The summed E-state index contributed by atoms with van der Waals surface area (Å²) in [6.45, 7) is 1.63. The monoisotopic (exact) mass is 360 g/mol. The Labute approximate surface area is 152 Å². The summed E-state index contributed by atoms with van der Waals surface area (Å²) in [6, 6.07) is 9.48. The van der Waals surface area contributed by atoms with Gasteiger partial charge in [-0.15, -0.1) is 0 Å². The molecule has 2 aromatic rings. The number of carbonyl (C=O) groups excluding carboxylic acids is 2. The van der Waals surface area contributed by atoms with Crippen molar-refractivity contribution in [2.45, 2.75) is 25.9 Å². The maximum Gasteiger partial charge on any atom is 0.407 e. The van der Waals surface area contributed by atoms with Gasteiger partial charge in [0, 0.05) is 26.1 Å². The molecule has 1 aromatic heterocycles. The maximum atomic E-state index is 11.9. The second kappa shape index (κ2) is 10.9. The van der Waals surface area contributed by atoms with E-state index in [1.54, 1.807) is 0 Å². The standard InChI is InChI=1S/C18H24N4O4/c19-9-8-16-22-15(13-25-16)17(23)20-10-4-5-11-21-18(24)26-12-14-6-2-1-3-7-14/h1-3,6-7,13H,4-5,8-12,19H2,(H,20,23)(H,21,24). The van der Waals surface area contributed by atoms with Crippen molar-refractivity contribution in [2.24, 2.45) is 5.73 Å². The molecule has 0 spiro atoms. The molecule has 0 radical (unpaired) electrons. The van der Waals surface area contributed by atoms with E-state index in [1.807, 2.05) is 30.3 Å². The van der Waals surface area contributed by atoms with Crippen LogP contribution < -0.4 is 16.4 Å². The van der Waals surface area contributed by atoms with Crippen LogP contribution in [0.5, 0.6) is 0 Å². The Morgan fingerprint density at radius 2 is 1.85 bits per heavy atom. The minimum Gasteiger partial charge on any atom is -0.448 e. The van der Waals surface area contributed by atoms with E-state index in [9.17, 15) is 9.59 Å². The largest absolute Gasteiger partial charge is 0.448 e. The van der Waals surface area contributed by atoms with Crippen molar-refractivity contribution in [2.75, 3.05) is 19.6 Å². The quantitative estimate of drug-likeness (QED) is 0.554. The molecule has 140 valence electrons. The Kier molecular flexibility index (Phi) is 8.14. The van der Waals surface area contributed by atoms with Gasteiger partial charge in [0.2, 0.25) is 0 Å². The van der Waals surface area contributed by atoms with Crippen LogP contribution in [-0.2, 0) is 17.8 Å². The lowest BCUT2D eigenvalue weighted by molar-refractivity contribution is 0.0947. The second-order valence-corrected chi connectivity index (χ2v) is 5.62. The summed E-state index contributed by atoms with van der Waals surface area (Å²) >= 11 is 0. The Balaban J connectivity index is 1.52. The van der Waals surface area contributed by atoms with Gasteiger partial charge < -0.3 is 25.5 Å². The molecule has 2 rings (SSSR count). The first-order chi connectivity index (χ1) is 12.7. The molecule has 0 atom stereocenters. The first-order valence-electron chi connectivity index (χ1n) is 8.56. The SMILES string of the molecule is NCCc1nc(C(=O)NCCCCNC(=O)OCc2ccccc2)co1. The van der Waals surface area contributed by atoms with Crippen LogP contribution >= 0.6 is 0 Å². The Hall–Kier alpha value is -2.87. The third-order valence-electron chi connectivity index (χ3n) is 3.51. The molecule has 1 aromatic carbocycles. The Morgan fingerprint density at radius 1 is 1.12 bits per heavy atom. The summed E-state index contributed by atoms with van der Waals surface area (Å²) in [6.07, 6.45) is 2.81. The highest BCUT2D eigenvalue weighted by Crippen LogP contribution is 2.02. The molecular formula is C18H24N4O4. The van der Waals surface area contributed by atoms with E-state index in [1.165, 1.54) is 6.26 Å². The lowest BCUT2D eigenvalue weighted by Gasteiger charge is -2.07. The van der Waals surface area contributed by atoms with E-state index in [-0.39, 0.29) is 18.2 Å². The minimum absolute atomic E-state index is 0.243. The number of oxazole rings is 1. The molecule has 0 aliphatic rings. The van der Waals surface area contributed by atoms with Gasteiger partial charge in [-0.2, -0.15) is 0 Å². The molecule has 2 amide bonds. The summed E-state index contributed by atoms with van der Waals surface area (Å²) in [4.78, 5) is 27.5. The number of nitrogens with two attached hydrogens (primary N) is 1. The molecule has 0 aliphatic heterocycles. The lowest BCUT2D eigenvalue weighted by atomic mass is 10.2. The van der Waals surface area contributed by atoms with Crippen molar-refractivity contribution in [1.82, 2.24) is 15.6 Å². The summed E-state index contributed by atoms with van der Waals surface area (Å²) < 4.78 is 10.2. The molecule has 26 heavy (non-hydrogen) atoms. The van der Waals surface area contributed by atoms with Gasteiger partial charge in [-0.1, -0.05) is 30.3 Å². The number of alkyl carbamates (subject to hydrolysis) is 1. The van der Waals surface area contributed by atoms with Crippen LogP contribution in [0.15, 0.2) is 41.0 Å². The van der Waals surface area contributed by atoms with Gasteiger partial charge in [-0.3, -0.25) is 4.79 Å². The highest BCUT2D eigenvalue weighted by atomic mass is 16.5. The predicted molar refractivity (Wildman–Crippen MR) is 95.5 cm³/mol. The number of ether oxygens (including phenoxy) is 1. The van der Waals surface area contributed by atoms with Crippen molar-refractivity contribution < 1.29 is 18.7 Å². The number of hydrogen-bond acceptors (Lipinski definition) is 6. The van der Waals surface area contributed by atoms with Gasteiger partial charge in [0.25, 0.3) is 5.91 Å². The third kappa shape index (κ3) is 6.94. The van der Waals surface area contributed by atoms with Crippen LogP contribution in [-0.4, -0.2) is 36.6 Å². The molecule has 0 fully saturated rings. The van der Waals surface area contributed by atoms with Crippen LogP contribution in [0.1, 0.15) is 34.8 Å². The number of nitrogens with zero attached hydrogens (tertiary/aromatic N) is 1. The van der Waals surface area contributed by atoms with Crippen molar-refractivity contribution >= 4 is 12.0 Å². The first-order valence-corrected chi connectivity index (χ1v) is 8.56. The van der Waals surface area contributed by atoms with Crippen LogP contribution in [0, 0.1) is 0 Å². The van der Waals surface area contributed by atoms with Crippen LogP contribution in [0.25, 0.3) is 0 Å². The van der Waals surface area contributed by atoms with Gasteiger partial charge in [-0.25, -0.2) is 9.78 Å². The number of aromatic nitrogens is 1. The zero-order valence-corrected chi connectivity index (χ0v) is 14.6. The molecule has 8 heteroatoms. The fraction of sp³-hybridized carbons (Fsp3) is 0.389. The fourth-order valence-corrected chi connectivity index (χ4v) is 2.16. The van der Waals surface area contributed by atoms with E-state index >= 15 is 0 Å². The lowest BCUT2D eigenvalue weighted by Crippen LogP contribution is -2.27. The fourth-order valence-electron chi connectivity index (χ4n) is 2.16. The number of nitrogens with one attached hydrogen (secondary N) is 2. The van der Waals surface area contributed by atoms with Gasteiger partial charge in [0.1, 0.15) is 12.9 Å². The van der Waals surface area contributed by atoms with Gasteiger partial charge >= 0.3 is 6.09 Å². The summed E-state index contributed by atoms with van der Waals surface area (Å²) in [5.74, 6) is 0.170. The van der Waals surface area contributed by atoms with Crippen molar-refractivity contribution in [3.05, 3.63) is 53.7 Å². The smallest absolute Gasteiger partial charge is 0.407 e. The third-order valence-corrected chi connectivity index (χ3v) is 3.51. The van der Waals surface area contributed by atoms with Gasteiger partial charge in [-0.05, 0) is 18.4 Å². The maximum absolute atomic E-state index is 11.9. The number of hydrogen-bond donors (Lipinski definition) is 3. The highest BCUT2D eigenvalue weighted by Gasteiger charge is 2.11. The van der Waals surface area contributed by atoms with Gasteiger partial charge in [0.05, 0.1) is 0 Å². The first kappa shape index (κ1) is 19.5. The number of benzene rings is 1. The molecule has 0 saturated heterocycles. The Bertz CT molecular complexity index is 688. The predicted octanol–water partition coefficient (Wildman–Crippen LogP) is 1.61. The van der Waals surface area contributed by atoms with E-state index in [4.69, 9.17) is 14.9 Å². The average molecular weight is 360 g/mol. The molecular weight excluding hydrogens is 336 g/mol. The molecule has 0 bridgehead atoms. The topological polar surface area (TPSA) is 119 Å². The summed E-state index contributed by atoms with van der Waals surface area (Å²) in [7, 11) is 0. The second-order valence-electron chi connectivity index (χ2n) is 5.62. The van der Waals surface area contributed by atoms with E-state index in [0.29, 0.717) is 31.9 Å². The number of carbonyl (C=O) groups is 2. The zero-order valence-electron chi connectivity index (χ0n) is 14.6. The van der Waals surface area contributed by atoms with Gasteiger partial charge in [0.15, 0.2) is 11.6 Å². The molecule has 1 heterocycles. The average Bonchev–Trinajstić information content (AvgIpc) is 3.12. The van der Waals surface area contributed by atoms with Crippen LogP contribution in [0.2, 0.25) is 0 Å². The normalized spacial score (nSPS) is 10.3. The highest BCUT2D eigenvalue weighted by molar-refractivity contribution is 5.91. The van der Waals surface area contributed by atoms with E-state index < -0.39 is 6.09 Å². The summed E-state index contributed by atoms with van der Waals surface area (Å²) in [5, 5.41) is 5.43. The number of rotatable bonds is 10. The van der Waals surface area contributed by atoms with Crippen molar-refractivity contribution in [1.29, 1.82) is 0 Å². The van der Waals surface area contributed by atoms with E-state index in [2.05, 4.69) is 15.6 Å². The zero-order chi connectivity index (χ0) is 18.6. The molecule has 0 unspecified atom stereocenters. The number of amides is 2. The molecule has 4 N–H and O–H groups in total. The summed E-state index contributed by atoms with van der Waals surface area (Å²) in [5.41, 5.74) is 6.59. The molecule has 0 saturated carbocycles. The number of unbranched alkanes of at least 4 members (excludes halogenated alkanes) is 1. The van der Waals surface area contributed by atoms with E-state index in [0.717, 1.165) is 18.4 Å². The Morgan fingerprint density at radius 3 is 2.58 bits per heavy atom. The van der Waals surface area contributed by atoms with Crippen molar-refractivity contribution in [3.8, 4) is 0 Å². The van der Waals surface area contributed by atoms with Crippen molar-refractivity contribution in [3.63, 3.8) is 0 Å². The van der Waals surface area contributed by atoms with Crippen LogP contribution in [0.4, 0.5) is 4.79 Å².